The molecule has 1 aliphatic carbocycles. The zero-order valence-electron chi connectivity index (χ0n) is 19.3. The van der Waals surface area contributed by atoms with Crippen molar-refractivity contribution in [1.29, 1.82) is 0 Å². The fourth-order valence-corrected chi connectivity index (χ4v) is 5.17. The van der Waals surface area contributed by atoms with E-state index in [0.29, 0.717) is 18.7 Å². The summed E-state index contributed by atoms with van der Waals surface area (Å²) < 4.78 is 39.4. The van der Waals surface area contributed by atoms with Crippen LogP contribution in [0.15, 0.2) is 36.7 Å². The first-order chi connectivity index (χ1) is 16.8. The lowest BCUT2D eigenvalue weighted by molar-refractivity contribution is -0.173. The van der Waals surface area contributed by atoms with Crippen molar-refractivity contribution in [2.24, 2.45) is 5.92 Å². The molecular weight excluding hydrogens is 457 g/mol. The topological polar surface area (TPSA) is 101 Å². The number of H-pyrrole nitrogens is 1. The van der Waals surface area contributed by atoms with Crippen LogP contribution >= 0.6 is 0 Å². The standard InChI is InChI=1S/C25H27F3N6O/c1-2-15-4-3-5-17-12-18(32-19(15)17)20-21-22(29)30-10-11-34(21)23(33-20)16-8-6-14(7-9-16)13-31-24(35)25(26,27)28/h3-5,10-12,14,16,32H,2,6-9,13H2,1H3,(H2,29,30)(H,31,35)/t14-,16-. The molecule has 1 aliphatic rings. The monoisotopic (exact) mass is 484 g/mol. The molecule has 4 aromatic rings. The molecule has 1 fully saturated rings. The van der Waals surface area contributed by atoms with E-state index < -0.39 is 12.1 Å². The van der Waals surface area contributed by atoms with Gasteiger partial charge in [-0.1, -0.05) is 25.1 Å². The Balaban J connectivity index is 1.42. The van der Waals surface area contributed by atoms with Crippen molar-refractivity contribution < 1.29 is 18.0 Å². The number of aromatic amines is 1. The Morgan fingerprint density at radius 3 is 2.74 bits per heavy atom. The van der Waals surface area contributed by atoms with E-state index >= 15 is 0 Å². The number of para-hydroxylation sites is 1. The molecule has 1 saturated carbocycles. The summed E-state index contributed by atoms with van der Waals surface area (Å²) in [4.78, 5) is 24.0. The van der Waals surface area contributed by atoms with Gasteiger partial charge in [-0.25, -0.2) is 9.97 Å². The number of carbonyl (C=O) groups is 1. The molecule has 0 radical (unpaired) electrons. The van der Waals surface area contributed by atoms with Crippen molar-refractivity contribution in [3.63, 3.8) is 0 Å². The number of benzene rings is 1. The van der Waals surface area contributed by atoms with E-state index in [2.05, 4.69) is 35.1 Å². The van der Waals surface area contributed by atoms with Crippen LogP contribution in [0.5, 0.6) is 0 Å². The van der Waals surface area contributed by atoms with Gasteiger partial charge in [0.15, 0.2) is 0 Å². The highest BCUT2D eigenvalue weighted by molar-refractivity contribution is 5.92. The number of aryl methyl sites for hydroxylation is 1. The van der Waals surface area contributed by atoms with Crippen LogP contribution in [0, 0.1) is 5.92 Å². The van der Waals surface area contributed by atoms with E-state index in [1.165, 1.54) is 5.56 Å². The lowest BCUT2D eigenvalue weighted by atomic mass is 9.81. The second-order valence-electron chi connectivity index (χ2n) is 9.19. The summed E-state index contributed by atoms with van der Waals surface area (Å²) in [5.74, 6) is -0.481. The first-order valence-electron chi connectivity index (χ1n) is 11.8. The second-order valence-corrected chi connectivity index (χ2v) is 9.19. The molecule has 35 heavy (non-hydrogen) atoms. The number of hydrogen-bond donors (Lipinski definition) is 3. The van der Waals surface area contributed by atoms with Crippen molar-refractivity contribution in [3.8, 4) is 11.4 Å². The van der Waals surface area contributed by atoms with Crippen LogP contribution in [0.1, 0.15) is 49.9 Å². The zero-order chi connectivity index (χ0) is 24.7. The van der Waals surface area contributed by atoms with Gasteiger partial charge in [-0.3, -0.25) is 9.20 Å². The minimum atomic E-state index is -4.85. The summed E-state index contributed by atoms with van der Waals surface area (Å²) in [6.07, 6.45) is 2.50. The lowest BCUT2D eigenvalue weighted by Crippen LogP contribution is -2.40. The number of halogens is 3. The third-order valence-corrected chi connectivity index (χ3v) is 7.01. The Kier molecular flexibility index (Phi) is 5.90. The second kappa shape index (κ2) is 8.90. The normalized spacial score (nSPS) is 18.9. The maximum Gasteiger partial charge on any atom is 0.471 e. The smallest absolute Gasteiger partial charge is 0.382 e. The van der Waals surface area contributed by atoms with E-state index in [1.54, 1.807) is 6.20 Å². The van der Waals surface area contributed by atoms with E-state index in [0.717, 1.165) is 52.9 Å². The van der Waals surface area contributed by atoms with Gasteiger partial charge < -0.3 is 16.0 Å². The number of nitrogens with one attached hydrogen (secondary N) is 2. The number of nitrogens with zero attached hydrogens (tertiary/aromatic N) is 3. The van der Waals surface area contributed by atoms with Crippen molar-refractivity contribution in [1.82, 2.24) is 24.7 Å². The van der Waals surface area contributed by atoms with Crippen LogP contribution in [0.2, 0.25) is 0 Å². The number of aromatic nitrogens is 4. The number of fused-ring (bicyclic) bond motifs is 2. The highest BCUT2D eigenvalue weighted by atomic mass is 19.4. The van der Waals surface area contributed by atoms with Gasteiger partial charge in [-0.2, -0.15) is 13.2 Å². The average molecular weight is 485 g/mol. The van der Waals surface area contributed by atoms with Crippen LogP contribution in [0.25, 0.3) is 27.8 Å². The molecule has 4 N–H and O–H groups in total. The van der Waals surface area contributed by atoms with E-state index in [-0.39, 0.29) is 18.4 Å². The summed E-state index contributed by atoms with van der Waals surface area (Å²) in [5.41, 5.74) is 10.9. The molecule has 0 unspecified atom stereocenters. The number of anilines is 1. The van der Waals surface area contributed by atoms with E-state index in [9.17, 15) is 18.0 Å². The number of carbonyl (C=O) groups excluding carboxylic acids is 1. The predicted octanol–water partition coefficient (Wildman–Crippen LogP) is 4.97. The number of nitrogen functional groups attached to an aromatic ring is 1. The molecule has 10 heteroatoms. The van der Waals surface area contributed by atoms with Crippen LogP contribution in [-0.4, -0.2) is 38.0 Å². The Bertz CT molecular complexity index is 1380. The molecule has 0 saturated heterocycles. The summed E-state index contributed by atoms with van der Waals surface area (Å²) in [6.45, 7) is 2.15. The minimum Gasteiger partial charge on any atom is -0.382 e. The summed E-state index contributed by atoms with van der Waals surface area (Å²) in [6, 6.07) is 8.28. The van der Waals surface area contributed by atoms with Crippen LogP contribution in [-0.2, 0) is 11.2 Å². The summed E-state index contributed by atoms with van der Waals surface area (Å²) >= 11 is 0. The van der Waals surface area contributed by atoms with E-state index in [1.807, 2.05) is 22.0 Å². The molecule has 184 valence electrons. The van der Waals surface area contributed by atoms with Gasteiger partial charge in [0.25, 0.3) is 0 Å². The van der Waals surface area contributed by atoms with Crippen molar-refractivity contribution >= 4 is 28.1 Å². The Hall–Kier alpha value is -3.56. The van der Waals surface area contributed by atoms with Crippen LogP contribution < -0.4 is 11.1 Å². The molecular formula is C25H27F3N6O. The zero-order valence-corrected chi connectivity index (χ0v) is 19.3. The van der Waals surface area contributed by atoms with Crippen molar-refractivity contribution in [2.45, 2.75) is 51.1 Å². The van der Waals surface area contributed by atoms with Gasteiger partial charge in [0.2, 0.25) is 0 Å². The number of rotatable bonds is 5. The van der Waals surface area contributed by atoms with Crippen LogP contribution in [0.3, 0.4) is 0 Å². The summed E-state index contributed by atoms with van der Waals surface area (Å²) in [7, 11) is 0. The van der Waals surface area contributed by atoms with Crippen molar-refractivity contribution in [2.75, 3.05) is 12.3 Å². The SMILES string of the molecule is CCc1cccc2cc(-c3nc([C@H]4CC[C@H](CNC(=O)C(F)(F)F)CC4)n4ccnc(N)c34)[nH]c12. The Morgan fingerprint density at radius 2 is 2.03 bits per heavy atom. The Morgan fingerprint density at radius 1 is 1.26 bits per heavy atom. The number of alkyl halides is 3. The maximum atomic E-state index is 12.5. The molecule has 3 aromatic heterocycles. The molecule has 0 bridgehead atoms. The summed E-state index contributed by atoms with van der Waals surface area (Å²) in [5, 5.41) is 3.12. The molecule has 7 nitrogen and oxygen atoms in total. The molecule has 5 rings (SSSR count). The van der Waals surface area contributed by atoms with Gasteiger partial charge in [0, 0.05) is 35.8 Å². The first-order valence-corrected chi connectivity index (χ1v) is 11.8. The fraction of sp³-hybridized carbons (Fsp3) is 0.400. The van der Waals surface area contributed by atoms with Gasteiger partial charge in [0.05, 0.1) is 5.69 Å². The molecule has 0 atom stereocenters. The van der Waals surface area contributed by atoms with Gasteiger partial charge in [-0.05, 0) is 49.7 Å². The minimum absolute atomic E-state index is 0.0103. The average Bonchev–Trinajstić information content (AvgIpc) is 3.44. The van der Waals surface area contributed by atoms with Crippen molar-refractivity contribution in [3.05, 3.63) is 48.0 Å². The lowest BCUT2D eigenvalue weighted by Gasteiger charge is -2.28. The molecule has 3 heterocycles. The number of hydrogen-bond acceptors (Lipinski definition) is 4. The number of amides is 1. The molecule has 0 aliphatic heterocycles. The van der Waals surface area contributed by atoms with E-state index in [4.69, 9.17) is 10.7 Å². The number of nitrogens with two attached hydrogens (primary N) is 1. The fourth-order valence-electron chi connectivity index (χ4n) is 5.17. The highest BCUT2D eigenvalue weighted by Gasteiger charge is 2.39. The van der Waals surface area contributed by atoms with Crippen LogP contribution in [0.4, 0.5) is 19.0 Å². The molecule has 1 amide bonds. The first kappa shape index (κ1) is 23.2. The maximum absolute atomic E-state index is 12.5. The Labute approximate surface area is 199 Å². The molecule has 0 spiro atoms. The van der Waals surface area contributed by atoms with Gasteiger partial charge in [0.1, 0.15) is 22.9 Å². The highest BCUT2D eigenvalue weighted by Crippen LogP contribution is 2.39. The third-order valence-electron chi connectivity index (χ3n) is 7.01. The largest absolute Gasteiger partial charge is 0.471 e. The van der Waals surface area contributed by atoms with Gasteiger partial charge >= 0.3 is 12.1 Å². The van der Waals surface area contributed by atoms with Gasteiger partial charge in [-0.15, -0.1) is 0 Å². The third kappa shape index (κ3) is 4.33. The quantitative estimate of drug-likeness (QED) is 0.372. The number of imidazole rings is 1. The predicted molar refractivity (Wildman–Crippen MR) is 128 cm³/mol. The molecule has 1 aromatic carbocycles.